The van der Waals surface area contributed by atoms with Crippen LogP contribution in [0, 0.1) is 6.92 Å². The van der Waals surface area contributed by atoms with Crippen LogP contribution in [0.25, 0.3) is 11.1 Å². The smallest absolute Gasteiger partial charge is 0.265 e. The number of hydrogen-bond acceptors (Lipinski definition) is 4. The average molecular weight is 485 g/mol. The van der Waals surface area contributed by atoms with Crippen LogP contribution < -0.4 is 14.8 Å². The molecule has 4 aromatic carbocycles. The Bertz CT molecular complexity index is 1540. The van der Waals surface area contributed by atoms with Crippen molar-refractivity contribution in [1.29, 1.82) is 0 Å². The summed E-state index contributed by atoms with van der Waals surface area (Å²) in [6, 6.07) is 25.4. The minimum Gasteiger partial charge on any atom is -0.495 e. The van der Waals surface area contributed by atoms with Gasteiger partial charge in [0.25, 0.3) is 15.9 Å². The van der Waals surface area contributed by atoms with Crippen LogP contribution in [0.5, 0.6) is 5.75 Å². The van der Waals surface area contributed by atoms with E-state index in [0.29, 0.717) is 11.4 Å². The minimum atomic E-state index is -3.99. The van der Waals surface area contributed by atoms with Crippen molar-refractivity contribution in [2.45, 2.75) is 18.2 Å². The highest BCUT2D eigenvalue weighted by atomic mass is 32.2. The fraction of sp³-hybridized carbons (Fsp3) is 0.107. The van der Waals surface area contributed by atoms with Crippen molar-refractivity contribution in [3.63, 3.8) is 0 Å². The van der Waals surface area contributed by atoms with Crippen molar-refractivity contribution in [3.05, 3.63) is 107 Å². The van der Waals surface area contributed by atoms with Crippen molar-refractivity contribution in [1.82, 2.24) is 0 Å². The number of hydrogen-bond donors (Lipinski definition) is 2. The molecule has 0 heterocycles. The highest BCUT2D eigenvalue weighted by Crippen LogP contribution is 2.38. The second kappa shape index (κ2) is 8.92. The first-order valence-corrected chi connectivity index (χ1v) is 12.6. The van der Waals surface area contributed by atoms with Crippen LogP contribution in [-0.4, -0.2) is 21.4 Å². The van der Waals surface area contributed by atoms with Crippen LogP contribution in [0.2, 0.25) is 0 Å². The molecule has 0 atom stereocenters. The predicted molar refractivity (Wildman–Crippen MR) is 138 cm³/mol. The summed E-state index contributed by atoms with van der Waals surface area (Å²) in [7, 11) is -2.60. The quantitative estimate of drug-likeness (QED) is 0.327. The van der Waals surface area contributed by atoms with Gasteiger partial charge in [-0.1, -0.05) is 48.0 Å². The van der Waals surface area contributed by atoms with Gasteiger partial charge in [-0.15, -0.1) is 0 Å². The van der Waals surface area contributed by atoms with Gasteiger partial charge < -0.3 is 10.1 Å². The van der Waals surface area contributed by atoms with Crippen molar-refractivity contribution in [2.24, 2.45) is 0 Å². The zero-order valence-electron chi connectivity index (χ0n) is 19.3. The summed E-state index contributed by atoms with van der Waals surface area (Å²) in [6.07, 6.45) is 0.868. The lowest BCUT2D eigenvalue weighted by Gasteiger charge is -2.14. The number of nitrogens with one attached hydrogen (secondary N) is 2. The monoisotopic (exact) mass is 484 g/mol. The summed E-state index contributed by atoms with van der Waals surface area (Å²) in [5.74, 6) is -0.263. The van der Waals surface area contributed by atoms with E-state index in [0.717, 1.165) is 17.5 Å². The van der Waals surface area contributed by atoms with Gasteiger partial charge in [0.2, 0.25) is 0 Å². The van der Waals surface area contributed by atoms with Crippen LogP contribution in [0.4, 0.5) is 11.4 Å². The number of carbonyl (C=O) groups excluding carboxylic acids is 1. The highest BCUT2D eigenvalue weighted by Gasteiger charge is 2.23. The molecule has 35 heavy (non-hydrogen) atoms. The van der Waals surface area contributed by atoms with Crippen LogP contribution in [0.15, 0.2) is 89.8 Å². The third kappa shape index (κ3) is 4.50. The van der Waals surface area contributed by atoms with Crippen LogP contribution in [0.3, 0.4) is 0 Å². The van der Waals surface area contributed by atoms with Crippen LogP contribution in [0.1, 0.15) is 27.0 Å². The molecule has 7 heteroatoms. The van der Waals surface area contributed by atoms with E-state index in [1.807, 2.05) is 49.4 Å². The molecule has 0 radical (unpaired) electrons. The summed E-state index contributed by atoms with van der Waals surface area (Å²) in [5.41, 5.74) is 7.02. The SMILES string of the molecule is COc1ccc(C(=O)Nc2ccc3c(c2)-c2ccccc2C3)cc1S(=O)(=O)Nc1ccc(C)cc1. The summed E-state index contributed by atoms with van der Waals surface area (Å²) >= 11 is 0. The molecule has 2 N–H and O–H groups in total. The fourth-order valence-electron chi connectivity index (χ4n) is 4.26. The lowest BCUT2D eigenvalue weighted by atomic mass is 10.1. The largest absolute Gasteiger partial charge is 0.495 e. The maximum atomic E-state index is 13.1. The molecule has 0 fully saturated rings. The molecule has 1 aliphatic carbocycles. The van der Waals surface area contributed by atoms with E-state index in [1.165, 1.54) is 35.9 Å². The summed E-state index contributed by atoms with van der Waals surface area (Å²) < 4.78 is 34.1. The molecule has 4 aromatic rings. The first-order valence-electron chi connectivity index (χ1n) is 11.1. The van der Waals surface area contributed by atoms with Gasteiger partial charge in [0.05, 0.1) is 7.11 Å². The van der Waals surface area contributed by atoms with Crippen LogP contribution in [-0.2, 0) is 16.4 Å². The summed E-state index contributed by atoms with van der Waals surface area (Å²) in [5, 5.41) is 2.90. The molecule has 0 saturated carbocycles. The summed E-state index contributed by atoms with van der Waals surface area (Å²) in [6.45, 7) is 1.92. The fourth-order valence-corrected chi connectivity index (χ4v) is 5.52. The molecular weight excluding hydrogens is 460 g/mol. The Morgan fingerprint density at radius 3 is 2.31 bits per heavy atom. The van der Waals surface area contributed by atoms with E-state index in [1.54, 1.807) is 18.2 Å². The lowest BCUT2D eigenvalue weighted by molar-refractivity contribution is 0.102. The average Bonchev–Trinajstić information content (AvgIpc) is 3.23. The third-order valence-corrected chi connectivity index (χ3v) is 7.48. The molecule has 0 bridgehead atoms. The number of sulfonamides is 1. The van der Waals surface area contributed by atoms with Crippen LogP contribution >= 0.6 is 0 Å². The Balaban J connectivity index is 1.42. The van der Waals surface area contributed by atoms with Gasteiger partial charge in [0.1, 0.15) is 10.6 Å². The lowest BCUT2D eigenvalue weighted by Crippen LogP contribution is -2.17. The molecule has 0 saturated heterocycles. The van der Waals surface area contributed by atoms with E-state index in [2.05, 4.69) is 22.2 Å². The minimum absolute atomic E-state index is 0.115. The molecular formula is C28H24N2O4S. The zero-order chi connectivity index (χ0) is 24.6. The molecule has 0 spiro atoms. The van der Waals surface area contributed by atoms with Crippen molar-refractivity contribution >= 4 is 27.3 Å². The van der Waals surface area contributed by atoms with Gasteiger partial charge in [-0.2, -0.15) is 0 Å². The van der Waals surface area contributed by atoms with Gasteiger partial charge in [-0.3, -0.25) is 9.52 Å². The van der Waals surface area contributed by atoms with E-state index >= 15 is 0 Å². The Kier molecular flexibility index (Phi) is 5.78. The van der Waals surface area contributed by atoms with E-state index < -0.39 is 15.9 Å². The molecule has 1 aliphatic rings. The number of methoxy groups -OCH3 is 1. The maximum absolute atomic E-state index is 13.1. The topological polar surface area (TPSA) is 84.5 Å². The molecule has 6 nitrogen and oxygen atoms in total. The molecule has 1 amide bonds. The molecule has 0 aliphatic heterocycles. The van der Waals surface area contributed by atoms with Gasteiger partial charge in [-0.05, 0) is 78.1 Å². The second-order valence-corrected chi connectivity index (χ2v) is 10.1. The number of ether oxygens (including phenoxy) is 1. The normalized spacial score (nSPS) is 11.9. The zero-order valence-corrected chi connectivity index (χ0v) is 20.1. The van der Waals surface area contributed by atoms with Crippen molar-refractivity contribution < 1.29 is 17.9 Å². The standard InChI is InChI=1S/C28H24N2O4S/c1-18-7-11-22(12-8-18)30-35(32,33)27-16-21(10-14-26(27)34-2)28(31)29-23-13-9-20-15-19-5-3-4-6-24(19)25(20)17-23/h3-14,16-17,30H,15H2,1-2H3,(H,29,31). The van der Waals surface area contributed by atoms with E-state index in [-0.39, 0.29) is 16.2 Å². The number of carbonyl (C=O) groups is 1. The second-order valence-electron chi connectivity index (χ2n) is 8.50. The van der Waals surface area contributed by atoms with Crippen molar-refractivity contribution in [2.75, 3.05) is 17.1 Å². The molecule has 5 rings (SSSR count). The number of fused-ring (bicyclic) bond motifs is 3. The number of benzene rings is 4. The molecule has 0 aromatic heterocycles. The maximum Gasteiger partial charge on any atom is 0.265 e. The van der Waals surface area contributed by atoms with E-state index in [4.69, 9.17) is 4.74 Å². The first-order chi connectivity index (χ1) is 16.8. The summed E-state index contributed by atoms with van der Waals surface area (Å²) in [4.78, 5) is 13.0. The number of anilines is 2. The Morgan fingerprint density at radius 2 is 1.54 bits per heavy atom. The molecule has 176 valence electrons. The van der Waals surface area contributed by atoms with Gasteiger partial charge >= 0.3 is 0 Å². The van der Waals surface area contributed by atoms with Gasteiger partial charge in [0.15, 0.2) is 0 Å². The third-order valence-electron chi connectivity index (χ3n) is 6.08. The Morgan fingerprint density at radius 1 is 0.829 bits per heavy atom. The predicted octanol–water partition coefficient (Wildman–Crippen LogP) is 5.63. The first kappa shape index (κ1) is 22.7. The van der Waals surface area contributed by atoms with Crippen molar-refractivity contribution in [3.8, 4) is 16.9 Å². The van der Waals surface area contributed by atoms with E-state index in [9.17, 15) is 13.2 Å². The molecule has 0 unspecified atom stereocenters. The Labute approximate surface area is 204 Å². The number of amides is 1. The van der Waals surface area contributed by atoms with Gasteiger partial charge in [0, 0.05) is 16.9 Å². The Hall–Kier alpha value is -4.10. The van der Waals surface area contributed by atoms with Gasteiger partial charge in [-0.25, -0.2) is 8.42 Å². The highest BCUT2D eigenvalue weighted by molar-refractivity contribution is 7.92. The number of rotatable bonds is 6. The number of aryl methyl sites for hydroxylation is 1.